The van der Waals surface area contributed by atoms with E-state index in [4.69, 9.17) is 13.8 Å². The number of benzene rings is 3. The fourth-order valence-corrected chi connectivity index (χ4v) is 4.51. The molecule has 0 saturated heterocycles. The van der Waals surface area contributed by atoms with Gasteiger partial charge in [0.2, 0.25) is 5.71 Å². The summed E-state index contributed by atoms with van der Waals surface area (Å²) in [7, 11) is 0. The molecule has 0 N–H and O–H groups in total. The van der Waals surface area contributed by atoms with Crippen molar-refractivity contribution < 1.29 is 8.83 Å². The number of rotatable bonds is 3. The second kappa shape index (κ2) is 6.93. The molecular formula is C28H17N3O2. The van der Waals surface area contributed by atoms with Gasteiger partial charge in [0, 0.05) is 22.7 Å². The van der Waals surface area contributed by atoms with E-state index in [2.05, 4.69) is 40.2 Å². The Morgan fingerprint density at radius 2 is 1.30 bits per heavy atom. The normalized spacial score (nSPS) is 11.6. The van der Waals surface area contributed by atoms with Gasteiger partial charge >= 0.3 is 0 Å². The van der Waals surface area contributed by atoms with Crippen molar-refractivity contribution in [2.45, 2.75) is 0 Å². The van der Waals surface area contributed by atoms with Gasteiger partial charge in [-0.1, -0.05) is 54.6 Å². The first kappa shape index (κ1) is 18.0. The molecule has 3 aromatic carbocycles. The summed E-state index contributed by atoms with van der Waals surface area (Å²) >= 11 is 0. The van der Waals surface area contributed by atoms with Crippen LogP contribution in [0.4, 0.5) is 17.2 Å². The number of anilines is 3. The first-order valence-electron chi connectivity index (χ1n) is 10.8. The van der Waals surface area contributed by atoms with Crippen molar-refractivity contribution in [1.29, 1.82) is 0 Å². The minimum atomic E-state index is 0.618. The quantitative estimate of drug-likeness (QED) is 0.289. The zero-order valence-corrected chi connectivity index (χ0v) is 17.5. The van der Waals surface area contributed by atoms with Gasteiger partial charge in [0.15, 0.2) is 0 Å². The van der Waals surface area contributed by atoms with Crippen molar-refractivity contribution in [3.63, 3.8) is 0 Å². The second-order valence-corrected chi connectivity index (χ2v) is 7.92. The highest BCUT2D eigenvalue weighted by atomic mass is 16.3. The maximum atomic E-state index is 6.13. The van der Waals surface area contributed by atoms with Gasteiger partial charge in [-0.25, -0.2) is 9.97 Å². The molecule has 5 heteroatoms. The van der Waals surface area contributed by atoms with Crippen LogP contribution in [0.5, 0.6) is 0 Å². The molecule has 0 fully saturated rings. The number of para-hydroxylation sites is 3. The van der Waals surface area contributed by atoms with Gasteiger partial charge < -0.3 is 8.83 Å². The van der Waals surface area contributed by atoms with E-state index < -0.39 is 0 Å². The van der Waals surface area contributed by atoms with Crippen LogP contribution in [-0.2, 0) is 0 Å². The third-order valence-electron chi connectivity index (χ3n) is 5.97. The molecule has 33 heavy (non-hydrogen) atoms. The van der Waals surface area contributed by atoms with E-state index in [0.717, 1.165) is 55.5 Å². The van der Waals surface area contributed by atoms with Crippen molar-refractivity contribution in [1.82, 2.24) is 9.97 Å². The van der Waals surface area contributed by atoms with Crippen LogP contribution >= 0.6 is 0 Å². The second-order valence-electron chi connectivity index (χ2n) is 7.92. The van der Waals surface area contributed by atoms with E-state index in [1.165, 1.54) is 0 Å². The Morgan fingerprint density at radius 1 is 0.576 bits per heavy atom. The van der Waals surface area contributed by atoms with Crippen molar-refractivity contribution >= 4 is 61.2 Å². The number of fused-ring (bicyclic) bond motifs is 6. The van der Waals surface area contributed by atoms with E-state index in [-0.39, 0.29) is 0 Å². The number of nitrogens with zero attached hydrogens (tertiary/aromatic N) is 3. The Kier molecular flexibility index (Phi) is 3.78. The summed E-state index contributed by atoms with van der Waals surface area (Å²) in [5.41, 5.74) is 4.95. The molecule has 7 aromatic rings. The number of furan rings is 2. The number of hydrogen-bond donors (Lipinski definition) is 0. The molecular weight excluding hydrogens is 410 g/mol. The van der Waals surface area contributed by atoms with Gasteiger partial charge in [-0.2, -0.15) is 0 Å². The molecule has 4 aromatic heterocycles. The van der Waals surface area contributed by atoms with Gasteiger partial charge in [0.1, 0.15) is 22.6 Å². The van der Waals surface area contributed by atoms with E-state index in [0.29, 0.717) is 5.71 Å². The molecule has 5 nitrogen and oxygen atoms in total. The summed E-state index contributed by atoms with van der Waals surface area (Å²) in [6, 6.07) is 30.3. The molecule has 0 aliphatic carbocycles. The average Bonchev–Trinajstić information content (AvgIpc) is 3.43. The van der Waals surface area contributed by atoms with Crippen LogP contribution in [0.2, 0.25) is 0 Å². The fourth-order valence-electron chi connectivity index (χ4n) is 4.51. The van der Waals surface area contributed by atoms with Crippen molar-refractivity contribution in [2.24, 2.45) is 0 Å². The number of hydrogen-bond acceptors (Lipinski definition) is 5. The number of pyridine rings is 2. The van der Waals surface area contributed by atoms with Gasteiger partial charge in [0.25, 0.3) is 0 Å². The van der Waals surface area contributed by atoms with Crippen molar-refractivity contribution in [3.05, 3.63) is 103 Å². The van der Waals surface area contributed by atoms with Crippen molar-refractivity contribution in [2.75, 3.05) is 4.90 Å². The van der Waals surface area contributed by atoms with Crippen LogP contribution in [-0.4, -0.2) is 9.97 Å². The molecule has 156 valence electrons. The summed E-state index contributed by atoms with van der Waals surface area (Å²) in [5.74, 6) is 0.789. The molecule has 0 aliphatic heterocycles. The zero-order valence-electron chi connectivity index (χ0n) is 17.5. The summed E-state index contributed by atoms with van der Waals surface area (Å²) in [5, 5.41) is 4.00. The molecule has 0 saturated carbocycles. The highest BCUT2D eigenvalue weighted by molar-refractivity contribution is 6.12. The highest BCUT2D eigenvalue weighted by Crippen LogP contribution is 2.42. The lowest BCUT2D eigenvalue weighted by atomic mass is 10.1. The smallest absolute Gasteiger partial charge is 0.227 e. The Labute approximate surface area is 188 Å². The molecule has 0 bridgehead atoms. The first-order chi connectivity index (χ1) is 16.4. The minimum absolute atomic E-state index is 0.618. The summed E-state index contributed by atoms with van der Waals surface area (Å²) < 4.78 is 12.1. The van der Waals surface area contributed by atoms with Crippen LogP contribution in [0.3, 0.4) is 0 Å². The molecule has 4 heterocycles. The fraction of sp³-hybridized carbons (Fsp3) is 0. The SMILES string of the molecule is c1ccc(N(c2cnc3oc4ccccc4c3c2)c2nccc3oc4ccccc4c23)cc1. The lowest BCUT2D eigenvalue weighted by Gasteiger charge is -2.24. The van der Waals surface area contributed by atoms with Crippen LogP contribution in [0, 0.1) is 0 Å². The Bertz CT molecular complexity index is 1780. The predicted molar refractivity (Wildman–Crippen MR) is 131 cm³/mol. The largest absolute Gasteiger partial charge is 0.456 e. The molecule has 0 amide bonds. The van der Waals surface area contributed by atoms with Gasteiger partial charge in [-0.05, 0) is 36.4 Å². The zero-order chi connectivity index (χ0) is 21.8. The van der Waals surface area contributed by atoms with E-state index in [1.54, 1.807) is 6.20 Å². The van der Waals surface area contributed by atoms with E-state index in [9.17, 15) is 0 Å². The molecule has 0 atom stereocenters. The molecule has 0 spiro atoms. The Hall–Kier alpha value is -4.64. The molecule has 7 rings (SSSR count). The summed E-state index contributed by atoms with van der Waals surface area (Å²) in [4.78, 5) is 11.6. The van der Waals surface area contributed by atoms with Gasteiger partial charge in [-0.3, -0.25) is 4.90 Å². The van der Waals surface area contributed by atoms with Gasteiger partial charge in [-0.15, -0.1) is 0 Å². The van der Waals surface area contributed by atoms with E-state index in [1.807, 2.05) is 66.9 Å². The maximum absolute atomic E-state index is 6.13. The Balaban J connectivity index is 1.55. The van der Waals surface area contributed by atoms with E-state index >= 15 is 0 Å². The lowest BCUT2D eigenvalue weighted by Crippen LogP contribution is -2.12. The average molecular weight is 427 g/mol. The first-order valence-corrected chi connectivity index (χ1v) is 10.8. The van der Waals surface area contributed by atoms with Gasteiger partial charge in [0.05, 0.1) is 22.7 Å². The molecule has 0 unspecified atom stereocenters. The third kappa shape index (κ3) is 2.72. The Morgan fingerprint density at radius 3 is 2.15 bits per heavy atom. The van der Waals surface area contributed by atoms with Crippen LogP contribution in [0.1, 0.15) is 0 Å². The van der Waals surface area contributed by atoms with Crippen LogP contribution in [0.25, 0.3) is 44.0 Å². The van der Waals surface area contributed by atoms with Crippen LogP contribution in [0.15, 0.2) is 112 Å². The summed E-state index contributed by atoms with van der Waals surface area (Å²) in [6.07, 6.45) is 3.62. The highest BCUT2D eigenvalue weighted by Gasteiger charge is 2.21. The van der Waals surface area contributed by atoms with Crippen molar-refractivity contribution in [3.8, 4) is 0 Å². The topological polar surface area (TPSA) is 55.3 Å². The molecule has 0 radical (unpaired) electrons. The maximum Gasteiger partial charge on any atom is 0.227 e. The standard InChI is InChI=1S/C28H17N3O2/c1-2-8-18(9-3-1)31(19-16-22-20-10-4-6-12-23(20)33-28(22)30-17-19)27-26-21-11-5-7-13-24(21)32-25(26)14-15-29-27/h1-17H. The van der Waals surface area contributed by atoms with Crippen LogP contribution < -0.4 is 4.90 Å². The summed E-state index contributed by atoms with van der Waals surface area (Å²) in [6.45, 7) is 0. The monoisotopic (exact) mass is 427 g/mol. The predicted octanol–water partition coefficient (Wildman–Crippen LogP) is 7.75. The third-order valence-corrected chi connectivity index (χ3v) is 5.97. The lowest BCUT2D eigenvalue weighted by molar-refractivity contribution is 0.654. The number of aromatic nitrogens is 2. The molecule has 0 aliphatic rings. The minimum Gasteiger partial charge on any atom is -0.456 e.